The number of hydrogen-bond acceptors (Lipinski definition) is 7. The maximum atomic E-state index is 12.3. The Hall–Kier alpha value is -2.96. The molecule has 0 spiro atoms. The van der Waals surface area contributed by atoms with Gasteiger partial charge in [0.2, 0.25) is 5.43 Å². The lowest BCUT2D eigenvalue weighted by molar-refractivity contribution is -0.120. The Morgan fingerprint density at radius 1 is 0.743 bits per heavy atom. The topological polar surface area (TPSA) is 115 Å². The van der Waals surface area contributed by atoms with E-state index in [2.05, 4.69) is 0 Å². The smallest absolute Gasteiger partial charge is 0.226 e. The van der Waals surface area contributed by atoms with Crippen molar-refractivity contribution in [3.63, 3.8) is 0 Å². The van der Waals surface area contributed by atoms with Gasteiger partial charge < -0.3 is 13.9 Å². The Labute approximate surface area is 206 Å². The van der Waals surface area contributed by atoms with E-state index >= 15 is 0 Å². The van der Waals surface area contributed by atoms with E-state index in [0.29, 0.717) is 68.5 Å². The average molecular weight is 487 g/mol. The highest BCUT2D eigenvalue weighted by Crippen LogP contribution is 2.30. The second kappa shape index (κ2) is 12.1. The molecule has 2 rings (SSSR count). The van der Waals surface area contributed by atoms with Crippen LogP contribution in [0.1, 0.15) is 103 Å². The summed E-state index contributed by atoms with van der Waals surface area (Å²) in [5, 5.41) is 9.34. The van der Waals surface area contributed by atoms with Gasteiger partial charge in [0.1, 0.15) is 29.4 Å². The normalized spacial score (nSPS) is 12.0. The molecular formula is C28H38O7. The molecule has 0 radical (unpaired) electrons. The highest BCUT2D eigenvalue weighted by molar-refractivity contribution is 5.81. The van der Waals surface area contributed by atoms with E-state index in [1.165, 1.54) is 18.4 Å². The second-order valence-corrected chi connectivity index (χ2v) is 10.7. The lowest BCUT2D eigenvalue weighted by Crippen LogP contribution is -2.20. The summed E-state index contributed by atoms with van der Waals surface area (Å²) < 4.78 is 10.9. The van der Waals surface area contributed by atoms with Crippen LogP contribution in [0.4, 0.5) is 0 Å². The van der Waals surface area contributed by atoms with Gasteiger partial charge in [-0.25, -0.2) is 0 Å². The number of aryl methyl sites for hydroxylation is 1. The van der Waals surface area contributed by atoms with Crippen molar-refractivity contribution in [2.75, 3.05) is 0 Å². The number of aromatic hydroxyl groups is 1. The number of ketones is 2. The molecule has 0 aromatic carbocycles. The maximum absolute atomic E-state index is 12.3. The van der Waals surface area contributed by atoms with E-state index in [9.17, 15) is 24.3 Å². The lowest BCUT2D eigenvalue weighted by Gasteiger charge is -2.23. The molecule has 7 heteroatoms. The van der Waals surface area contributed by atoms with Crippen molar-refractivity contribution in [1.82, 2.24) is 0 Å². The van der Waals surface area contributed by atoms with Crippen LogP contribution in [0.2, 0.25) is 0 Å². The number of hydrogen-bond donors (Lipinski definition) is 1. The molecule has 0 atom stereocenters. The molecule has 0 aliphatic heterocycles. The first-order valence-electron chi connectivity index (χ1n) is 12.3. The van der Waals surface area contributed by atoms with E-state index in [4.69, 9.17) is 8.83 Å². The van der Waals surface area contributed by atoms with Crippen LogP contribution in [0.25, 0.3) is 0 Å². The minimum Gasteiger partial charge on any atom is -0.502 e. The number of Topliss-reactive ketones (excluding diaryl/α,β-unsaturated/α-hetero) is 2. The van der Waals surface area contributed by atoms with Gasteiger partial charge in [0.25, 0.3) is 0 Å². The molecule has 0 saturated carbocycles. The number of carbonyl (C=O) groups excluding carboxylic acids is 2. The molecule has 192 valence electrons. The minimum atomic E-state index is -0.481. The van der Waals surface area contributed by atoms with Crippen LogP contribution in [0.5, 0.6) is 5.75 Å². The van der Waals surface area contributed by atoms with Crippen LogP contribution in [0.3, 0.4) is 0 Å². The summed E-state index contributed by atoms with van der Waals surface area (Å²) in [6.45, 7) is 9.57. The van der Waals surface area contributed by atoms with E-state index < -0.39 is 16.6 Å². The number of carbonyl (C=O) groups is 2. The van der Waals surface area contributed by atoms with Crippen LogP contribution in [-0.4, -0.2) is 16.7 Å². The van der Waals surface area contributed by atoms with Gasteiger partial charge >= 0.3 is 0 Å². The van der Waals surface area contributed by atoms with Crippen LogP contribution in [0.15, 0.2) is 43.1 Å². The zero-order chi connectivity index (χ0) is 26.2. The molecule has 0 unspecified atom stereocenters. The van der Waals surface area contributed by atoms with Gasteiger partial charge in [0, 0.05) is 54.2 Å². The Morgan fingerprint density at radius 3 is 1.63 bits per heavy atom. The van der Waals surface area contributed by atoms with Crippen LogP contribution in [-0.2, 0) is 20.4 Å². The Kier molecular flexibility index (Phi) is 9.81. The molecule has 0 aliphatic rings. The third-order valence-electron chi connectivity index (χ3n) is 6.59. The van der Waals surface area contributed by atoms with Gasteiger partial charge in [-0.1, -0.05) is 27.7 Å². The summed E-state index contributed by atoms with van der Waals surface area (Å²) in [6, 6.07) is 2.82. The Balaban J connectivity index is 1.66. The molecule has 7 nitrogen and oxygen atoms in total. The summed E-state index contributed by atoms with van der Waals surface area (Å²) in [5.41, 5.74) is -0.720. The molecule has 2 aromatic rings. The maximum Gasteiger partial charge on any atom is 0.226 e. The predicted molar refractivity (Wildman–Crippen MR) is 134 cm³/mol. The largest absolute Gasteiger partial charge is 0.502 e. The summed E-state index contributed by atoms with van der Waals surface area (Å²) in [6.07, 6.45) is 7.41. The molecule has 0 fully saturated rings. The SMILES string of the molecule is Cc1coc(C(C)(C)CCCC(=O)CCCC(=O)CCCC(C)(C)c2cc(=O)c(O)co2)cc1=O. The third-order valence-corrected chi connectivity index (χ3v) is 6.59. The van der Waals surface area contributed by atoms with Crippen LogP contribution >= 0.6 is 0 Å². The summed E-state index contributed by atoms with van der Waals surface area (Å²) in [4.78, 5) is 48.0. The zero-order valence-corrected chi connectivity index (χ0v) is 21.6. The van der Waals surface area contributed by atoms with Gasteiger partial charge in [0.05, 0.1) is 6.26 Å². The molecule has 0 bridgehead atoms. The molecular weight excluding hydrogens is 448 g/mol. The van der Waals surface area contributed by atoms with Gasteiger partial charge in [0.15, 0.2) is 11.2 Å². The molecule has 2 heterocycles. The number of rotatable bonds is 14. The van der Waals surface area contributed by atoms with Crippen molar-refractivity contribution < 1.29 is 23.5 Å². The summed E-state index contributed by atoms with van der Waals surface area (Å²) in [5.74, 6) is 0.948. The van der Waals surface area contributed by atoms with Crippen molar-refractivity contribution in [3.05, 3.63) is 62.2 Å². The predicted octanol–water partition coefficient (Wildman–Crippen LogP) is 5.51. The van der Waals surface area contributed by atoms with Crippen LogP contribution < -0.4 is 10.9 Å². The van der Waals surface area contributed by atoms with E-state index in [1.807, 2.05) is 27.7 Å². The first-order chi connectivity index (χ1) is 16.3. The molecule has 0 saturated heterocycles. The molecule has 0 aliphatic carbocycles. The monoisotopic (exact) mass is 486 g/mol. The Bertz CT molecular complexity index is 1040. The Morgan fingerprint density at radius 2 is 1.17 bits per heavy atom. The molecule has 35 heavy (non-hydrogen) atoms. The van der Waals surface area contributed by atoms with E-state index in [0.717, 1.165) is 12.7 Å². The fraction of sp³-hybridized carbons (Fsp3) is 0.571. The van der Waals surface area contributed by atoms with Gasteiger partial charge in [-0.2, -0.15) is 0 Å². The first kappa shape index (κ1) is 28.3. The quantitative estimate of drug-likeness (QED) is 0.374. The average Bonchev–Trinajstić information content (AvgIpc) is 2.77. The molecule has 2 aromatic heterocycles. The molecule has 0 amide bonds. The van der Waals surface area contributed by atoms with Gasteiger partial charge in [-0.15, -0.1) is 0 Å². The zero-order valence-electron chi connectivity index (χ0n) is 21.6. The molecule has 1 N–H and O–H groups in total. The van der Waals surface area contributed by atoms with Gasteiger partial charge in [-0.05, 0) is 39.0 Å². The fourth-order valence-electron chi connectivity index (χ4n) is 4.03. The van der Waals surface area contributed by atoms with Crippen molar-refractivity contribution in [2.24, 2.45) is 0 Å². The van der Waals surface area contributed by atoms with E-state index in [-0.39, 0.29) is 22.4 Å². The van der Waals surface area contributed by atoms with Crippen molar-refractivity contribution in [3.8, 4) is 5.75 Å². The highest BCUT2D eigenvalue weighted by atomic mass is 16.4. The third kappa shape index (κ3) is 8.64. The fourth-order valence-corrected chi connectivity index (χ4v) is 4.03. The van der Waals surface area contributed by atoms with Crippen molar-refractivity contribution in [1.29, 1.82) is 0 Å². The lowest BCUT2D eigenvalue weighted by atomic mass is 9.83. The van der Waals surface area contributed by atoms with Crippen molar-refractivity contribution in [2.45, 2.75) is 103 Å². The standard InChI is InChI=1S/C28H38O7/c1-19-17-34-25(15-22(19)31)27(2,3)13-7-11-20(29)9-6-10-21(30)12-8-14-28(4,5)26-16-23(32)24(33)18-35-26/h15-18,33H,6-14H2,1-5H3. The summed E-state index contributed by atoms with van der Waals surface area (Å²) in [7, 11) is 0. The van der Waals surface area contributed by atoms with E-state index in [1.54, 1.807) is 6.92 Å². The summed E-state index contributed by atoms with van der Waals surface area (Å²) >= 11 is 0. The first-order valence-corrected chi connectivity index (χ1v) is 12.3. The van der Waals surface area contributed by atoms with Crippen LogP contribution in [0, 0.1) is 6.92 Å². The van der Waals surface area contributed by atoms with Crippen molar-refractivity contribution >= 4 is 11.6 Å². The van der Waals surface area contributed by atoms with Gasteiger partial charge in [-0.3, -0.25) is 19.2 Å². The highest BCUT2D eigenvalue weighted by Gasteiger charge is 2.25. The minimum absolute atomic E-state index is 0.0458. The second-order valence-electron chi connectivity index (χ2n) is 10.7.